The summed E-state index contributed by atoms with van der Waals surface area (Å²) in [5, 5.41) is 9.39. The summed E-state index contributed by atoms with van der Waals surface area (Å²) in [6, 6.07) is 15.2. The number of methoxy groups -OCH3 is 2. The number of pyridine rings is 2. The van der Waals surface area contributed by atoms with Crippen LogP contribution in [-0.2, 0) is 24.3 Å². The first kappa shape index (κ1) is 27.7. The van der Waals surface area contributed by atoms with Crippen LogP contribution in [0.15, 0.2) is 66.9 Å². The SMILES string of the molecule is COCCn1c(Cc2cc(F)c(-c3cccc(OCc4ccc(OC)nc4)n3)cc2F)nc2ccc(C(=O)O)cc21. The molecule has 0 unspecified atom stereocenters. The number of aromatic carboxylic acids is 1. The molecular weight excluding hydrogens is 534 g/mol. The Morgan fingerprint density at radius 3 is 2.56 bits per heavy atom. The molecule has 5 aromatic rings. The molecule has 210 valence electrons. The number of halogens is 2. The van der Waals surface area contributed by atoms with Gasteiger partial charge in [-0.3, -0.25) is 0 Å². The van der Waals surface area contributed by atoms with E-state index in [1.54, 1.807) is 54.3 Å². The molecule has 1 N–H and O–H groups in total. The van der Waals surface area contributed by atoms with E-state index in [0.717, 1.165) is 17.7 Å². The van der Waals surface area contributed by atoms with Crippen molar-refractivity contribution in [1.82, 2.24) is 19.5 Å². The van der Waals surface area contributed by atoms with E-state index < -0.39 is 17.6 Å². The molecule has 0 aliphatic heterocycles. The summed E-state index contributed by atoms with van der Waals surface area (Å²) < 4.78 is 48.4. The number of ether oxygens (including phenoxy) is 3. The molecule has 41 heavy (non-hydrogen) atoms. The maximum Gasteiger partial charge on any atom is 0.335 e. The van der Waals surface area contributed by atoms with Crippen molar-refractivity contribution < 1.29 is 32.9 Å². The largest absolute Gasteiger partial charge is 0.481 e. The van der Waals surface area contributed by atoms with Gasteiger partial charge < -0.3 is 23.9 Å². The molecule has 0 saturated carbocycles. The van der Waals surface area contributed by atoms with Gasteiger partial charge in [-0.15, -0.1) is 0 Å². The summed E-state index contributed by atoms with van der Waals surface area (Å²) >= 11 is 0. The van der Waals surface area contributed by atoms with E-state index in [2.05, 4.69) is 15.0 Å². The molecule has 0 aliphatic rings. The average molecular weight is 561 g/mol. The first-order chi connectivity index (χ1) is 19.9. The Labute approximate surface area is 234 Å². The van der Waals surface area contributed by atoms with Gasteiger partial charge in [-0.2, -0.15) is 0 Å². The van der Waals surface area contributed by atoms with Gasteiger partial charge >= 0.3 is 5.97 Å². The maximum atomic E-state index is 15.4. The lowest BCUT2D eigenvalue weighted by Crippen LogP contribution is -2.10. The smallest absolute Gasteiger partial charge is 0.335 e. The molecule has 0 atom stereocenters. The van der Waals surface area contributed by atoms with Gasteiger partial charge in [0.2, 0.25) is 11.8 Å². The van der Waals surface area contributed by atoms with E-state index >= 15 is 8.78 Å². The third-order valence-corrected chi connectivity index (χ3v) is 6.47. The van der Waals surface area contributed by atoms with Crippen molar-refractivity contribution in [2.75, 3.05) is 20.8 Å². The lowest BCUT2D eigenvalue weighted by Gasteiger charge is -2.12. The summed E-state index contributed by atoms with van der Waals surface area (Å²) in [7, 11) is 3.07. The molecule has 2 aromatic carbocycles. The Morgan fingerprint density at radius 1 is 0.976 bits per heavy atom. The highest BCUT2D eigenvalue weighted by Crippen LogP contribution is 2.28. The fraction of sp³-hybridized carbons (Fsp3) is 0.200. The number of aromatic nitrogens is 4. The van der Waals surface area contributed by atoms with Gasteiger partial charge in [0.05, 0.1) is 36.0 Å². The van der Waals surface area contributed by atoms with Crippen molar-refractivity contribution in [3.63, 3.8) is 0 Å². The quantitative estimate of drug-likeness (QED) is 0.232. The normalized spacial score (nSPS) is 11.1. The number of imidazole rings is 1. The average Bonchev–Trinajstić information content (AvgIpc) is 3.33. The molecule has 0 radical (unpaired) electrons. The van der Waals surface area contributed by atoms with E-state index in [-0.39, 0.29) is 41.3 Å². The Bertz CT molecular complexity index is 1710. The van der Waals surface area contributed by atoms with Crippen LogP contribution in [0.4, 0.5) is 8.78 Å². The molecule has 0 spiro atoms. The molecule has 3 aromatic heterocycles. The zero-order chi connectivity index (χ0) is 28.9. The molecule has 0 aliphatic carbocycles. The minimum Gasteiger partial charge on any atom is -0.481 e. The zero-order valence-corrected chi connectivity index (χ0v) is 22.3. The van der Waals surface area contributed by atoms with E-state index in [1.165, 1.54) is 19.2 Å². The Hall–Kier alpha value is -4.90. The van der Waals surface area contributed by atoms with E-state index in [9.17, 15) is 9.90 Å². The predicted molar refractivity (Wildman–Crippen MR) is 146 cm³/mol. The van der Waals surface area contributed by atoms with Crippen molar-refractivity contribution >= 4 is 17.0 Å². The minimum atomic E-state index is -1.07. The molecular formula is C30H26F2N4O5. The van der Waals surface area contributed by atoms with Crippen LogP contribution >= 0.6 is 0 Å². The van der Waals surface area contributed by atoms with Crippen LogP contribution in [-0.4, -0.2) is 51.4 Å². The highest BCUT2D eigenvalue weighted by Gasteiger charge is 2.18. The number of fused-ring (bicyclic) bond motifs is 1. The second kappa shape index (κ2) is 12.1. The van der Waals surface area contributed by atoms with Gasteiger partial charge in [0.1, 0.15) is 24.1 Å². The van der Waals surface area contributed by atoms with Crippen molar-refractivity contribution in [2.45, 2.75) is 19.6 Å². The van der Waals surface area contributed by atoms with Crippen molar-refractivity contribution in [3.8, 4) is 23.0 Å². The van der Waals surface area contributed by atoms with Crippen LogP contribution in [0, 0.1) is 11.6 Å². The summed E-state index contributed by atoms with van der Waals surface area (Å²) in [6.45, 7) is 0.864. The number of carbonyl (C=O) groups is 1. The third kappa shape index (κ3) is 6.15. The first-order valence-corrected chi connectivity index (χ1v) is 12.6. The van der Waals surface area contributed by atoms with Crippen LogP contribution in [0.1, 0.15) is 27.3 Å². The lowest BCUT2D eigenvalue weighted by molar-refractivity contribution is 0.0697. The number of carboxylic acid groups (broad SMARTS) is 1. The third-order valence-electron chi connectivity index (χ3n) is 6.47. The molecule has 5 rings (SSSR count). The maximum absolute atomic E-state index is 15.4. The van der Waals surface area contributed by atoms with E-state index in [0.29, 0.717) is 35.9 Å². The summed E-state index contributed by atoms with van der Waals surface area (Å²) in [4.78, 5) is 24.5. The predicted octanol–water partition coefficient (Wildman–Crippen LogP) is 5.29. The number of hydrogen-bond donors (Lipinski definition) is 1. The molecule has 0 amide bonds. The Morgan fingerprint density at radius 2 is 1.83 bits per heavy atom. The number of carboxylic acids is 1. The number of benzene rings is 2. The minimum absolute atomic E-state index is 0.0122. The van der Waals surface area contributed by atoms with Gasteiger partial charge in [0.15, 0.2) is 0 Å². The number of nitrogens with zero attached hydrogens (tertiary/aromatic N) is 4. The van der Waals surface area contributed by atoms with Gasteiger partial charge in [0, 0.05) is 49.5 Å². The van der Waals surface area contributed by atoms with Gasteiger partial charge in [0.25, 0.3) is 0 Å². The summed E-state index contributed by atoms with van der Waals surface area (Å²) in [5.74, 6) is -1.18. The fourth-order valence-corrected chi connectivity index (χ4v) is 4.38. The molecule has 11 heteroatoms. The Kier molecular flexibility index (Phi) is 8.16. The van der Waals surface area contributed by atoms with E-state index in [1.807, 2.05) is 0 Å². The van der Waals surface area contributed by atoms with Gasteiger partial charge in [-0.1, -0.05) is 6.07 Å². The molecule has 0 fully saturated rings. The molecule has 0 saturated heterocycles. The highest BCUT2D eigenvalue weighted by atomic mass is 19.1. The van der Waals surface area contributed by atoms with Crippen LogP contribution in [0.3, 0.4) is 0 Å². The molecule has 9 nitrogen and oxygen atoms in total. The van der Waals surface area contributed by atoms with Gasteiger partial charge in [-0.25, -0.2) is 28.5 Å². The monoisotopic (exact) mass is 560 g/mol. The van der Waals surface area contributed by atoms with Crippen molar-refractivity contribution in [3.05, 3.63) is 101 Å². The first-order valence-electron chi connectivity index (χ1n) is 12.6. The van der Waals surface area contributed by atoms with Crippen molar-refractivity contribution in [2.24, 2.45) is 0 Å². The van der Waals surface area contributed by atoms with Crippen LogP contribution < -0.4 is 9.47 Å². The molecule has 3 heterocycles. The standard InChI is InChI=1S/C30H26F2N4O5/c1-39-11-10-36-26-13-19(30(37)38)7-8-25(26)34-27(36)14-20-12-23(32)21(15-22(20)31)24-4-3-5-29(35-24)41-17-18-6-9-28(40-2)33-16-18/h3-9,12-13,15-16H,10-11,14,17H2,1-2H3,(H,37,38). The molecule has 0 bridgehead atoms. The van der Waals surface area contributed by atoms with Gasteiger partial charge in [-0.05, 0) is 48.0 Å². The summed E-state index contributed by atoms with van der Waals surface area (Å²) in [6.07, 6.45) is 1.60. The second-order valence-electron chi connectivity index (χ2n) is 9.14. The van der Waals surface area contributed by atoms with E-state index in [4.69, 9.17) is 14.2 Å². The van der Waals surface area contributed by atoms with Crippen LogP contribution in [0.2, 0.25) is 0 Å². The van der Waals surface area contributed by atoms with Crippen LogP contribution in [0.25, 0.3) is 22.3 Å². The number of rotatable bonds is 11. The second-order valence-corrected chi connectivity index (χ2v) is 9.14. The Balaban J connectivity index is 1.39. The summed E-state index contributed by atoms with van der Waals surface area (Å²) in [5.41, 5.74) is 2.30. The zero-order valence-electron chi connectivity index (χ0n) is 22.3. The van der Waals surface area contributed by atoms with Crippen LogP contribution in [0.5, 0.6) is 11.8 Å². The lowest BCUT2D eigenvalue weighted by atomic mass is 10.0. The number of hydrogen-bond acceptors (Lipinski definition) is 7. The topological polar surface area (TPSA) is 109 Å². The van der Waals surface area contributed by atoms with Crippen molar-refractivity contribution in [1.29, 1.82) is 0 Å². The highest BCUT2D eigenvalue weighted by molar-refractivity contribution is 5.92. The fourth-order valence-electron chi connectivity index (χ4n) is 4.38.